The third-order valence-corrected chi connectivity index (χ3v) is 3.71. The van der Waals surface area contributed by atoms with Gasteiger partial charge in [0.1, 0.15) is 5.82 Å². The second-order valence-corrected chi connectivity index (χ2v) is 5.52. The van der Waals surface area contributed by atoms with E-state index >= 15 is 0 Å². The zero-order valence-electron chi connectivity index (χ0n) is 11.8. The Hall–Kier alpha value is -1.19. The lowest BCUT2D eigenvalue weighted by atomic mass is 10.1. The molecular formula is C16H23FN2. The molecule has 3 heteroatoms. The monoisotopic (exact) mass is 262 g/mol. The van der Waals surface area contributed by atoms with Crippen LogP contribution in [-0.2, 0) is 0 Å². The van der Waals surface area contributed by atoms with Crippen molar-refractivity contribution < 1.29 is 4.39 Å². The van der Waals surface area contributed by atoms with Crippen molar-refractivity contribution in [3.05, 3.63) is 47.8 Å². The van der Waals surface area contributed by atoms with E-state index in [1.807, 2.05) is 26.1 Å². The van der Waals surface area contributed by atoms with Crippen LogP contribution >= 0.6 is 0 Å². The van der Waals surface area contributed by atoms with Gasteiger partial charge in [0.05, 0.1) is 0 Å². The van der Waals surface area contributed by atoms with Crippen molar-refractivity contribution in [2.75, 3.05) is 20.1 Å². The van der Waals surface area contributed by atoms with Crippen LogP contribution in [0.25, 0.3) is 0 Å². The third-order valence-electron chi connectivity index (χ3n) is 3.71. The van der Waals surface area contributed by atoms with Gasteiger partial charge in [0.15, 0.2) is 0 Å². The van der Waals surface area contributed by atoms with E-state index < -0.39 is 0 Å². The Morgan fingerprint density at radius 2 is 2.16 bits per heavy atom. The zero-order chi connectivity index (χ0) is 13.8. The summed E-state index contributed by atoms with van der Waals surface area (Å²) in [6.45, 7) is 7.77. The largest absolute Gasteiger partial charge is 0.310 e. The lowest BCUT2D eigenvalue weighted by Gasteiger charge is -2.26. The summed E-state index contributed by atoms with van der Waals surface area (Å²) < 4.78 is 13.7. The second kappa shape index (κ2) is 6.31. The molecule has 1 aliphatic rings. The summed E-state index contributed by atoms with van der Waals surface area (Å²) in [5, 5.41) is 3.45. The molecule has 1 atom stereocenters. The minimum absolute atomic E-state index is 0.0545. The molecule has 19 heavy (non-hydrogen) atoms. The van der Waals surface area contributed by atoms with Crippen LogP contribution in [0.4, 0.5) is 4.39 Å². The van der Waals surface area contributed by atoms with Crippen molar-refractivity contribution in [2.45, 2.75) is 31.8 Å². The van der Waals surface area contributed by atoms with Gasteiger partial charge in [-0.2, -0.15) is 0 Å². The van der Waals surface area contributed by atoms with Crippen LogP contribution in [0.3, 0.4) is 0 Å². The van der Waals surface area contributed by atoms with E-state index in [2.05, 4.69) is 16.8 Å². The van der Waals surface area contributed by atoms with Crippen LogP contribution in [0.5, 0.6) is 0 Å². The lowest BCUT2D eigenvalue weighted by molar-refractivity contribution is 0.275. The summed E-state index contributed by atoms with van der Waals surface area (Å²) >= 11 is 0. The van der Waals surface area contributed by atoms with Crippen molar-refractivity contribution >= 4 is 0 Å². The number of nitrogens with one attached hydrogen (secondary N) is 1. The highest BCUT2D eigenvalue weighted by atomic mass is 19.1. The quantitative estimate of drug-likeness (QED) is 0.760. The van der Waals surface area contributed by atoms with Gasteiger partial charge in [0, 0.05) is 30.7 Å². The molecule has 0 aliphatic heterocycles. The highest BCUT2D eigenvalue weighted by Crippen LogP contribution is 2.22. The molecule has 0 heterocycles. The van der Waals surface area contributed by atoms with Crippen molar-refractivity contribution in [1.29, 1.82) is 0 Å². The van der Waals surface area contributed by atoms with Gasteiger partial charge < -0.3 is 5.32 Å². The standard InChI is InChI=1S/C16H23FN2/c1-12(10-18-14-8-9-14)11-19(3)13(2)15-6-4-5-7-16(15)17/h4-7,13-14,18H,1,8-11H2,2-3H3. The van der Waals surface area contributed by atoms with Crippen LogP contribution in [0, 0.1) is 5.82 Å². The fourth-order valence-electron chi connectivity index (χ4n) is 2.17. The Balaban J connectivity index is 1.85. The first-order valence-electron chi connectivity index (χ1n) is 6.92. The van der Waals surface area contributed by atoms with Gasteiger partial charge in [-0.1, -0.05) is 24.8 Å². The van der Waals surface area contributed by atoms with Crippen LogP contribution < -0.4 is 5.32 Å². The van der Waals surface area contributed by atoms with E-state index in [1.165, 1.54) is 18.9 Å². The number of hydrogen-bond donors (Lipinski definition) is 1. The number of hydrogen-bond acceptors (Lipinski definition) is 2. The molecule has 1 aliphatic carbocycles. The summed E-state index contributed by atoms with van der Waals surface area (Å²) in [6.07, 6.45) is 2.57. The fourth-order valence-corrected chi connectivity index (χ4v) is 2.17. The molecule has 2 rings (SSSR count). The minimum atomic E-state index is -0.136. The van der Waals surface area contributed by atoms with Gasteiger partial charge in [0.25, 0.3) is 0 Å². The molecule has 0 spiro atoms. The second-order valence-electron chi connectivity index (χ2n) is 5.52. The maximum atomic E-state index is 13.7. The Morgan fingerprint density at radius 3 is 2.79 bits per heavy atom. The summed E-state index contributed by atoms with van der Waals surface area (Å²) in [7, 11) is 2.01. The Kier molecular flexibility index (Phi) is 4.72. The molecule has 1 unspecified atom stereocenters. The van der Waals surface area contributed by atoms with Crippen molar-refractivity contribution in [3.8, 4) is 0 Å². The molecule has 1 saturated carbocycles. The predicted octanol–water partition coefficient (Wildman–Crippen LogP) is 3.13. The fraction of sp³-hybridized carbons (Fsp3) is 0.500. The maximum absolute atomic E-state index is 13.7. The first kappa shape index (κ1) is 14.2. The molecule has 0 radical (unpaired) electrons. The minimum Gasteiger partial charge on any atom is -0.310 e. The van der Waals surface area contributed by atoms with Crippen LogP contribution in [0.2, 0.25) is 0 Å². The van der Waals surface area contributed by atoms with Crippen LogP contribution in [0.15, 0.2) is 36.4 Å². The predicted molar refractivity (Wildman–Crippen MR) is 77.6 cm³/mol. The van der Waals surface area contributed by atoms with Crippen molar-refractivity contribution in [1.82, 2.24) is 10.2 Å². The van der Waals surface area contributed by atoms with E-state index in [9.17, 15) is 4.39 Å². The lowest BCUT2D eigenvalue weighted by Crippen LogP contribution is -2.29. The third kappa shape index (κ3) is 4.15. The first-order valence-corrected chi connectivity index (χ1v) is 6.92. The molecule has 0 saturated heterocycles. The molecule has 1 fully saturated rings. The number of nitrogens with zero attached hydrogens (tertiary/aromatic N) is 1. The van der Waals surface area contributed by atoms with Gasteiger partial charge in [-0.3, -0.25) is 4.90 Å². The van der Waals surface area contributed by atoms with E-state index in [0.29, 0.717) is 6.04 Å². The number of likely N-dealkylation sites (N-methyl/N-ethyl adjacent to an activating group) is 1. The average Bonchev–Trinajstić information content (AvgIpc) is 3.20. The van der Waals surface area contributed by atoms with Crippen LogP contribution in [-0.4, -0.2) is 31.1 Å². The Labute approximate surface area is 115 Å². The van der Waals surface area contributed by atoms with Crippen LogP contribution in [0.1, 0.15) is 31.4 Å². The van der Waals surface area contributed by atoms with E-state index in [1.54, 1.807) is 6.07 Å². The molecule has 104 valence electrons. The van der Waals surface area contributed by atoms with Crippen molar-refractivity contribution in [2.24, 2.45) is 0 Å². The SMILES string of the molecule is C=C(CNC1CC1)CN(C)C(C)c1ccccc1F. The molecule has 0 aromatic heterocycles. The number of benzene rings is 1. The summed E-state index contributed by atoms with van der Waals surface area (Å²) in [5.41, 5.74) is 1.89. The molecule has 1 aromatic rings. The topological polar surface area (TPSA) is 15.3 Å². The number of rotatable bonds is 7. The highest BCUT2D eigenvalue weighted by molar-refractivity contribution is 5.21. The molecular weight excluding hydrogens is 239 g/mol. The Morgan fingerprint density at radius 1 is 1.47 bits per heavy atom. The van der Waals surface area contributed by atoms with Gasteiger partial charge in [-0.05, 0) is 38.5 Å². The smallest absolute Gasteiger partial charge is 0.127 e. The molecule has 0 bridgehead atoms. The maximum Gasteiger partial charge on any atom is 0.127 e. The van der Waals surface area contributed by atoms with Gasteiger partial charge >= 0.3 is 0 Å². The normalized spacial score (nSPS) is 16.6. The highest BCUT2D eigenvalue weighted by Gasteiger charge is 2.21. The van der Waals surface area contributed by atoms with Gasteiger partial charge in [0.2, 0.25) is 0 Å². The van der Waals surface area contributed by atoms with E-state index in [4.69, 9.17) is 0 Å². The molecule has 0 amide bonds. The summed E-state index contributed by atoms with van der Waals surface area (Å²) in [5.74, 6) is -0.136. The first-order chi connectivity index (χ1) is 9.08. The summed E-state index contributed by atoms with van der Waals surface area (Å²) in [6, 6.07) is 7.73. The average molecular weight is 262 g/mol. The van der Waals surface area contributed by atoms with E-state index in [-0.39, 0.29) is 11.9 Å². The number of halogens is 1. The molecule has 2 nitrogen and oxygen atoms in total. The van der Waals surface area contributed by atoms with E-state index in [0.717, 1.165) is 24.2 Å². The summed E-state index contributed by atoms with van der Waals surface area (Å²) in [4.78, 5) is 2.13. The van der Waals surface area contributed by atoms with Crippen molar-refractivity contribution in [3.63, 3.8) is 0 Å². The molecule has 1 N–H and O–H groups in total. The molecule has 1 aromatic carbocycles. The van der Waals surface area contributed by atoms with Gasteiger partial charge in [-0.25, -0.2) is 4.39 Å². The van der Waals surface area contributed by atoms with Gasteiger partial charge in [-0.15, -0.1) is 0 Å². The Bertz CT molecular complexity index is 440. The zero-order valence-corrected chi connectivity index (χ0v) is 11.8.